The first-order chi connectivity index (χ1) is 28.7. The Kier molecular flexibility index (Phi) is 2560. The molecule has 0 nitrogen and oxygen atoms in total. The molecule has 0 aromatic heterocycles. The van der Waals surface area contributed by atoms with E-state index in [9.17, 15) is 0 Å². The summed E-state index contributed by atoms with van der Waals surface area (Å²) in [5, 5.41) is 0. The van der Waals surface area contributed by atoms with Crippen molar-refractivity contribution in [2.75, 3.05) is 0 Å². The fourth-order valence-corrected chi connectivity index (χ4v) is 2.04. The summed E-state index contributed by atoms with van der Waals surface area (Å²) in [4.78, 5) is 0. The van der Waals surface area contributed by atoms with Gasteiger partial charge in [-0.25, -0.2) is 12.8 Å². The Labute approximate surface area is 489 Å². The second-order valence-electron chi connectivity index (χ2n) is 6.91. The molecule has 0 unspecified atom stereocenters. The van der Waals surface area contributed by atoms with Gasteiger partial charge >= 0.3 is 0 Å². The Hall–Kier alpha value is 1.30. The number of hydrogen-bond acceptors (Lipinski definition) is 0. The average Bonchev–Trinajstić information content (AvgIpc) is 3.38. The molecule has 0 spiro atoms. The first-order valence-corrected chi connectivity index (χ1v) is 27.8. The van der Waals surface area contributed by atoms with E-state index in [1.807, 2.05) is 222 Å². The van der Waals surface area contributed by atoms with Crippen molar-refractivity contribution in [1.82, 2.24) is 0 Å². The Balaban J connectivity index is -0.00000000815. The third-order valence-corrected chi connectivity index (χ3v) is 3.89. The normalized spacial score (nSPS) is 4.94. The van der Waals surface area contributed by atoms with E-state index < -0.39 is 0 Å². The van der Waals surface area contributed by atoms with Gasteiger partial charge in [0, 0.05) is 40.2 Å². The van der Waals surface area contributed by atoms with Gasteiger partial charge in [-0.2, -0.15) is 40.5 Å². The summed E-state index contributed by atoms with van der Waals surface area (Å²) in [6, 6.07) is 0. The van der Waals surface area contributed by atoms with Gasteiger partial charge in [0.2, 0.25) is 0 Å². The van der Waals surface area contributed by atoms with Crippen molar-refractivity contribution in [3.63, 3.8) is 0 Å². The summed E-state index contributed by atoms with van der Waals surface area (Å²) in [7, 11) is 0. The Morgan fingerprint density at radius 2 is 0.279 bits per heavy atom. The molecular weight excluding hydrogens is 1180 g/mol. The first-order valence-electron chi connectivity index (χ1n) is 27.8. The molecule has 0 aromatic rings. The maximum Gasteiger partial charge on any atom is 0 e. The summed E-state index contributed by atoms with van der Waals surface area (Å²) in [6.45, 7) is 81.3. The molecule has 0 aromatic carbocycles. The molecule has 2 radical (unpaired) electrons. The van der Waals surface area contributed by atoms with Crippen molar-refractivity contribution in [2.24, 2.45) is 0 Å². The molecule has 2 heteroatoms. The fraction of sp³-hybridized carbons (Fsp3) is 0.939. The van der Waals surface area contributed by atoms with Crippen LogP contribution in [0.15, 0.2) is 0 Å². The predicted octanol–water partition coefficient (Wildman–Crippen LogP) is 31.9. The monoisotopic (exact) mass is 1360 g/mol. The molecule has 0 heterocycles. The van der Waals surface area contributed by atoms with Crippen molar-refractivity contribution in [1.29, 1.82) is 0 Å². The second-order valence-corrected chi connectivity index (χ2v) is 6.91. The predicted molar refractivity (Wildman–Crippen MR) is 363 cm³/mol. The molecule has 0 saturated heterocycles. The van der Waals surface area contributed by atoms with Crippen molar-refractivity contribution in [3.8, 4) is 0 Å². The van der Waals surface area contributed by atoms with Gasteiger partial charge in [0.15, 0.2) is 0 Å². The summed E-state index contributed by atoms with van der Waals surface area (Å²) in [5.74, 6) is 0. The standard InChI is InChI=1S/C7H16.C7H14.C6H14.C6H12.16C2H6.8CH4.2Ir/c2*1-3-5-7-6-4-2;2*1-3-5-6-4-2;16*1-2;;;;;;;;;;/h3-7H2,1-2H3;3-4H,5-7H2,1-2H3;3-6H2,1-2H3;3-4H,5-6H2,1-2H3;16*1-2H3;8*1H4;;/q;-2;;-2;;;;;;;;;;;;;;;;;;;;;;;;;;. The minimum absolute atomic E-state index is 0. The van der Waals surface area contributed by atoms with Crippen LogP contribution >= 0.6 is 0 Å². The summed E-state index contributed by atoms with van der Waals surface area (Å²) >= 11 is 0. The van der Waals surface area contributed by atoms with E-state index in [0.717, 1.165) is 0 Å². The van der Waals surface area contributed by atoms with Gasteiger partial charge in [-0.05, 0) is 0 Å². The van der Waals surface area contributed by atoms with E-state index in [2.05, 4.69) is 81.1 Å². The average molecular weight is 1360 g/mol. The third kappa shape index (κ3) is 1260. The fourth-order valence-electron chi connectivity index (χ4n) is 2.04. The zero-order valence-corrected chi connectivity index (χ0v) is 57.7. The molecule has 0 aliphatic rings. The largest absolute Gasteiger partial charge is 0.334 e. The second kappa shape index (κ2) is 831. The van der Waals surface area contributed by atoms with Crippen LogP contribution in [0, 0.1) is 25.7 Å². The van der Waals surface area contributed by atoms with Crippen LogP contribution in [0.25, 0.3) is 0 Å². The minimum atomic E-state index is 0. The van der Waals surface area contributed by atoms with Gasteiger partial charge in [0.05, 0.1) is 0 Å². The Bertz CT molecular complexity index is 129. The molecule has 68 heavy (non-hydrogen) atoms. The van der Waals surface area contributed by atoms with Crippen LogP contribution in [0.5, 0.6) is 0 Å². The van der Waals surface area contributed by atoms with Crippen molar-refractivity contribution in [3.05, 3.63) is 25.7 Å². The zero-order valence-electron chi connectivity index (χ0n) is 52.9. The van der Waals surface area contributed by atoms with Crippen LogP contribution < -0.4 is 0 Å². The van der Waals surface area contributed by atoms with Crippen LogP contribution in [0.3, 0.4) is 0 Å². The minimum Gasteiger partial charge on any atom is -0.334 e. The van der Waals surface area contributed by atoms with E-state index in [4.69, 9.17) is 0 Å². The molecule has 470 valence electrons. The van der Waals surface area contributed by atoms with Crippen molar-refractivity contribution >= 4 is 0 Å². The molecule has 0 amide bonds. The van der Waals surface area contributed by atoms with Gasteiger partial charge in [-0.15, -0.1) is 6.42 Å². The Morgan fingerprint density at radius 3 is 0.368 bits per heavy atom. The molecule has 0 N–H and O–H groups in total. The molecular formula is C66H184Ir2-4. The summed E-state index contributed by atoms with van der Waals surface area (Å²) < 4.78 is 0. The smallest absolute Gasteiger partial charge is 0 e. The molecule has 0 rings (SSSR count). The van der Waals surface area contributed by atoms with Crippen LogP contribution in [0.2, 0.25) is 0 Å². The van der Waals surface area contributed by atoms with Crippen molar-refractivity contribution < 1.29 is 40.2 Å². The van der Waals surface area contributed by atoms with Gasteiger partial charge in [-0.3, -0.25) is 0 Å². The Morgan fingerprint density at radius 1 is 0.176 bits per heavy atom. The maximum absolute atomic E-state index is 2.25. The van der Waals surface area contributed by atoms with Crippen LogP contribution in [-0.4, -0.2) is 0 Å². The van der Waals surface area contributed by atoms with E-state index >= 15 is 0 Å². The summed E-state index contributed by atoms with van der Waals surface area (Å²) in [5.41, 5.74) is 0. The SMILES string of the molecule is C.C.C.C.C.C.C.C.CC.CC.CC.CC.CC.CC.CC.CC.CC.CC.CC.CC.CC.CC.CC.CC.CCCCCC.CCCCCCC.C[CH-]CCC[CH-]C.C[CH-]CC[CH-]C.[Ir].[Ir]. The number of unbranched alkanes of at least 4 members (excludes halogenated alkanes) is 14. The van der Waals surface area contributed by atoms with Gasteiger partial charge in [0.1, 0.15) is 0 Å². The quantitative estimate of drug-likeness (QED) is 0.120. The van der Waals surface area contributed by atoms with E-state index in [-0.39, 0.29) is 99.6 Å². The van der Waals surface area contributed by atoms with Crippen LogP contribution in [0.4, 0.5) is 0 Å². The molecule has 0 aliphatic carbocycles. The molecule has 0 saturated carbocycles. The van der Waals surface area contributed by atoms with Gasteiger partial charge in [-0.1, -0.05) is 366 Å². The van der Waals surface area contributed by atoms with E-state index in [1.165, 1.54) is 89.9 Å². The van der Waals surface area contributed by atoms with Crippen LogP contribution in [0.1, 0.15) is 426 Å². The molecule has 0 atom stereocenters. The van der Waals surface area contributed by atoms with Crippen LogP contribution in [-0.2, 0) is 40.2 Å². The topological polar surface area (TPSA) is 0 Å². The van der Waals surface area contributed by atoms with Gasteiger partial charge in [0.25, 0.3) is 0 Å². The molecule has 0 aliphatic heterocycles. The molecule has 0 bridgehead atoms. The third-order valence-electron chi connectivity index (χ3n) is 3.89. The molecule has 0 fully saturated rings. The summed E-state index contributed by atoms with van der Waals surface area (Å²) in [6.07, 6.45) is 27.7. The van der Waals surface area contributed by atoms with E-state index in [0.29, 0.717) is 0 Å². The first kappa shape index (κ1) is 209. The number of rotatable bonds is 14. The van der Waals surface area contributed by atoms with E-state index in [1.54, 1.807) is 0 Å². The van der Waals surface area contributed by atoms with Crippen molar-refractivity contribution in [2.45, 2.75) is 426 Å². The van der Waals surface area contributed by atoms with Gasteiger partial charge < -0.3 is 25.7 Å². The maximum atomic E-state index is 2.25. The zero-order chi connectivity index (χ0) is 52.7. The number of hydrogen-bond donors (Lipinski definition) is 0.